The van der Waals surface area contributed by atoms with Crippen LogP contribution in [0.4, 0.5) is 0 Å². The van der Waals surface area contributed by atoms with Gasteiger partial charge < -0.3 is 35.6 Å². The van der Waals surface area contributed by atoms with Crippen molar-refractivity contribution in [3.05, 3.63) is 0 Å². The summed E-state index contributed by atoms with van der Waals surface area (Å²) in [5.41, 5.74) is 0. The molecule has 0 spiro atoms. The number of hydrogen-bond donors (Lipinski definition) is 6. The lowest BCUT2D eigenvalue weighted by molar-refractivity contribution is -0.286. The minimum atomic E-state index is -1.57. The summed E-state index contributed by atoms with van der Waals surface area (Å²) in [5, 5.41) is 47.5. The van der Waals surface area contributed by atoms with E-state index < -0.39 is 37.3 Å². The molecule has 8 heteroatoms. The molecule has 0 aromatic rings. The number of amides is 1. The van der Waals surface area contributed by atoms with Gasteiger partial charge in [-0.1, -0.05) is 39.0 Å². The molecular weight excluding hydrogens is 318 g/mol. The molecule has 6 N–H and O–H groups in total. The van der Waals surface area contributed by atoms with Gasteiger partial charge in [0.05, 0.1) is 6.61 Å². The molecule has 0 aromatic heterocycles. The molecule has 1 fully saturated rings. The number of unbranched alkanes of at least 4 members (excludes halogenated alkanes) is 5. The predicted molar refractivity (Wildman–Crippen MR) is 88.0 cm³/mol. The molecular formula is C16H33NO7. The number of carbonyl (C=O) groups is 1. The van der Waals surface area contributed by atoms with Crippen LogP contribution in [0.1, 0.15) is 52.4 Å². The highest BCUT2D eigenvalue weighted by Gasteiger charge is 2.42. The Morgan fingerprint density at radius 3 is 2.08 bits per heavy atom. The molecule has 1 unspecified atom stereocenters. The first kappa shape index (κ1) is 23.2. The third-order valence-corrected chi connectivity index (χ3v) is 3.77. The number of carbonyl (C=O) groups excluding carboxylic acids is 1. The first-order chi connectivity index (χ1) is 11.3. The fourth-order valence-corrected chi connectivity index (χ4v) is 2.25. The normalized spacial score (nSPS) is 29.5. The van der Waals surface area contributed by atoms with E-state index in [0.29, 0.717) is 0 Å². The molecule has 1 heterocycles. The number of nitrogens with one attached hydrogen (secondary N) is 1. The third kappa shape index (κ3) is 9.51. The number of aliphatic hydroxyl groups is 5. The SMILES string of the molecule is CCCCCCCCNC(C)=O.OC[C@H]1OC(O)[C@H](O)[C@@H](O)[C@@H]1O. The van der Waals surface area contributed by atoms with E-state index in [9.17, 15) is 4.79 Å². The van der Waals surface area contributed by atoms with Gasteiger partial charge in [0.1, 0.15) is 24.4 Å². The first-order valence-corrected chi connectivity index (χ1v) is 8.58. The van der Waals surface area contributed by atoms with Crippen molar-refractivity contribution in [3.8, 4) is 0 Å². The summed E-state index contributed by atoms with van der Waals surface area (Å²) >= 11 is 0. The van der Waals surface area contributed by atoms with Gasteiger partial charge in [0.2, 0.25) is 5.91 Å². The minimum Gasteiger partial charge on any atom is -0.394 e. The van der Waals surface area contributed by atoms with Crippen LogP contribution in [0, 0.1) is 0 Å². The van der Waals surface area contributed by atoms with Crippen LogP contribution in [-0.4, -0.2) is 75.3 Å². The minimum absolute atomic E-state index is 0.0866. The maximum Gasteiger partial charge on any atom is 0.216 e. The molecule has 0 bridgehead atoms. The van der Waals surface area contributed by atoms with Crippen LogP contribution < -0.4 is 5.32 Å². The summed E-state index contributed by atoms with van der Waals surface area (Å²) in [6.07, 6.45) is 0.639. The van der Waals surface area contributed by atoms with Gasteiger partial charge >= 0.3 is 0 Å². The van der Waals surface area contributed by atoms with Crippen molar-refractivity contribution in [2.24, 2.45) is 0 Å². The Morgan fingerprint density at radius 1 is 0.958 bits per heavy atom. The predicted octanol–water partition coefficient (Wildman–Crippen LogP) is -0.738. The first-order valence-electron chi connectivity index (χ1n) is 8.58. The summed E-state index contributed by atoms with van der Waals surface area (Å²) in [5.74, 6) is 0.0866. The molecule has 1 rings (SSSR count). The van der Waals surface area contributed by atoms with Crippen molar-refractivity contribution >= 4 is 5.91 Å². The fraction of sp³-hybridized carbons (Fsp3) is 0.938. The standard InChI is InChI=1S/C10H21NO.C6H12O6/c1-3-4-5-6-7-8-9-11-10(2)12;7-1-2-3(8)4(9)5(10)6(11)12-2/h3-9H2,1-2H3,(H,11,12);2-11H,1H2/t;2-,3-,4+,5-,6?/m.1/s1. The third-order valence-electron chi connectivity index (χ3n) is 3.77. The highest BCUT2D eigenvalue weighted by Crippen LogP contribution is 2.19. The van der Waals surface area contributed by atoms with Crippen LogP contribution in [0.25, 0.3) is 0 Å². The fourth-order valence-electron chi connectivity index (χ4n) is 2.25. The van der Waals surface area contributed by atoms with Crippen molar-refractivity contribution in [2.45, 2.75) is 83.1 Å². The quantitative estimate of drug-likeness (QED) is 0.317. The van der Waals surface area contributed by atoms with Crippen LogP contribution in [0.3, 0.4) is 0 Å². The van der Waals surface area contributed by atoms with E-state index in [-0.39, 0.29) is 5.91 Å². The Labute approximate surface area is 143 Å². The average molecular weight is 351 g/mol. The molecule has 24 heavy (non-hydrogen) atoms. The molecule has 144 valence electrons. The second-order valence-electron chi connectivity index (χ2n) is 5.97. The van der Waals surface area contributed by atoms with Gasteiger partial charge in [-0.25, -0.2) is 0 Å². The van der Waals surface area contributed by atoms with Crippen LogP contribution in [0.2, 0.25) is 0 Å². The number of hydrogen-bond acceptors (Lipinski definition) is 7. The smallest absolute Gasteiger partial charge is 0.216 e. The van der Waals surface area contributed by atoms with E-state index in [1.807, 2.05) is 0 Å². The molecule has 1 saturated heterocycles. The van der Waals surface area contributed by atoms with E-state index >= 15 is 0 Å². The molecule has 1 amide bonds. The van der Waals surface area contributed by atoms with E-state index in [1.165, 1.54) is 32.1 Å². The number of aliphatic hydroxyl groups excluding tert-OH is 5. The van der Waals surface area contributed by atoms with Crippen LogP contribution in [0.15, 0.2) is 0 Å². The van der Waals surface area contributed by atoms with E-state index in [0.717, 1.165) is 13.0 Å². The van der Waals surface area contributed by atoms with Gasteiger partial charge in [0, 0.05) is 13.5 Å². The van der Waals surface area contributed by atoms with Crippen molar-refractivity contribution in [1.82, 2.24) is 5.32 Å². The van der Waals surface area contributed by atoms with Crippen molar-refractivity contribution in [2.75, 3.05) is 13.2 Å². The second kappa shape index (κ2) is 13.5. The molecule has 1 aliphatic rings. The molecule has 1 aliphatic heterocycles. The highest BCUT2D eigenvalue weighted by molar-refractivity contribution is 5.72. The summed E-state index contributed by atoms with van der Waals surface area (Å²) in [4.78, 5) is 10.5. The Balaban J connectivity index is 0.000000441. The molecule has 0 radical (unpaired) electrons. The van der Waals surface area contributed by atoms with E-state index in [2.05, 4.69) is 17.0 Å². The van der Waals surface area contributed by atoms with Gasteiger partial charge in [0.15, 0.2) is 6.29 Å². The summed E-state index contributed by atoms with van der Waals surface area (Å²) in [7, 11) is 0. The Morgan fingerprint density at radius 2 is 1.54 bits per heavy atom. The van der Waals surface area contributed by atoms with Gasteiger partial charge in [-0.2, -0.15) is 0 Å². The van der Waals surface area contributed by atoms with E-state index in [4.69, 9.17) is 25.5 Å². The Bertz CT molecular complexity index is 325. The summed E-state index contributed by atoms with van der Waals surface area (Å²) in [6.45, 7) is 4.11. The molecule has 0 saturated carbocycles. The van der Waals surface area contributed by atoms with Crippen molar-refractivity contribution in [1.29, 1.82) is 0 Å². The van der Waals surface area contributed by atoms with Gasteiger partial charge in [-0.3, -0.25) is 4.79 Å². The Hall–Kier alpha value is -0.770. The topological polar surface area (TPSA) is 139 Å². The zero-order valence-electron chi connectivity index (χ0n) is 14.6. The highest BCUT2D eigenvalue weighted by atomic mass is 16.6. The maximum atomic E-state index is 10.5. The average Bonchev–Trinajstić information content (AvgIpc) is 2.55. The lowest BCUT2D eigenvalue weighted by Crippen LogP contribution is -2.58. The second-order valence-corrected chi connectivity index (χ2v) is 5.97. The zero-order chi connectivity index (χ0) is 18.5. The van der Waals surface area contributed by atoms with Gasteiger partial charge in [0.25, 0.3) is 0 Å². The lowest BCUT2D eigenvalue weighted by atomic mass is 10.00. The van der Waals surface area contributed by atoms with Crippen molar-refractivity contribution in [3.63, 3.8) is 0 Å². The largest absolute Gasteiger partial charge is 0.394 e. The van der Waals surface area contributed by atoms with Gasteiger partial charge in [-0.05, 0) is 6.42 Å². The summed E-state index contributed by atoms with van der Waals surface area (Å²) < 4.78 is 4.58. The molecule has 8 nitrogen and oxygen atoms in total. The van der Waals surface area contributed by atoms with Crippen LogP contribution in [-0.2, 0) is 9.53 Å². The molecule has 5 atom stereocenters. The lowest BCUT2D eigenvalue weighted by Gasteiger charge is -2.37. The Kier molecular flexibility index (Phi) is 13.1. The molecule has 0 aromatic carbocycles. The van der Waals surface area contributed by atoms with Crippen molar-refractivity contribution < 1.29 is 35.1 Å². The number of rotatable bonds is 8. The zero-order valence-corrected chi connectivity index (χ0v) is 14.6. The monoisotopic (exact) mass is 351 g/mol. The molecule has 0 aliphatic carbocycles. The summed E-state index contributed by atoms with van der Waals surface area (Å²) in [6, 6.07) is 0. The number of ether oxygens (including phenoxy) is 1. The maximum absolute atomic E-state index is 10.5. The van der Waals surface area contributed by atoms with Crippen LogP contribution >= 0.6 is 0 Å². The van der Waals surface area contributed by atoms with Gasteiger partial charge in [-0.15, -0.1) is 0 Å². The van der Waals surface area contributed by atoms with E-state index in [1.54, 1.807) is 6.92 Å². The van der Waals surface area contributed by atoms with Crippen LogP contribution in [0.5, 0.6) is 0 Å².